The smallest absolute Gasteiger partial charge is 0.0702 e. The molecule has 1 heterocycles. The van der Waals surface area contributed by atoms with Gasteiger partial charge in [0.05, 0.1) is 12.3 Å². The lowest BCUT2D eigenvalue weighted by atomic mass is 10.2. The lowest BCUT2D eigenvalue weighted by Gasteiger charge is -1.98. The zero-order valence-electron chi connectivity index (χ0n) is 6.49. The first-order chi connectivity index (χ1) is 5.38. The van der Waals surface area contributed by atoms with Crippen molar-refractivity contribution in [3.05, 3.63) is 35.7 Å². The van der Waals surface area contributed by atoms with Crippen LogP contribution in [0.2, 0.25) is 0 Å². The second-order valence-electron chi connectivity index (χ2n) is 2.21. The summed E-state index contributed by atoms with van der Waals surface area (Å²) in [5.41, 5.74) is 1.71. The van der Waals surface area contributed by atoms with Crippen LogP contribution in [0.25, 0.3) is 6.08 Å². The van der Waals surface area contributed by atoms with Crippen molar-refractivity contribution >= 4 is 6.08 Å². The van der Waals surface area contributed by atoms with Crippen molar-refractivity contribution in [3.63, 3.8) is 0 Å². The quantitative estimate of drug-likeness (QED) is 0.693. The Kier molecular flexibility index (Phi) is 2.81. The van der Waals surface area contributed by atoms with Crippen LogP contribution in [0, 0.1) is 0 Å². The third-order valence-electron chi connectivity index (χ3n) is 1.42. The Morgan fingerprint density at radius 3 is 3.09 bits per heavy atom. The Bertz CT molecular complexity index is 255. The van der Waals surface area contributed by atoms with E-state index in [9.17, 15) is 0 Å². The molecule has 0 aliphatic heterocycles. The molecule has 0 saturated carbocycles. The van der Waals surface area contributed by atoms with Crippen molar-refractivity contribution in [1.29, 1.82) is 0 Å². The first-order valence-corrected chi connectivity index (χ1v) is 3.56. The zero-order chi connectivity index (χ0) is 8.10. The fourth-order valence-electron chi connectivity index (χ4n) is 0.892. The third kappa shape index (κ3) is 1.88. The average Bonchev–Trinajstić information content (AvgIpc) is 2.06. The predicted octanol–water partition coefficient (Wildman–Crippen LogP) is 1.61. The fraction of sp³-hybridized carbons (Fsp3) is 0.222. The summed E-state index contributed by atoms with van der Waals surface area (Å²) in [4.78, 5) is 4.09. The number of aliphatic hydroxyl groups excluding tert-OH is 1. The Balaban J connectivity index is 3.02. The summed E-state index contributed by atoms with van der Waals surface area (Å²) in [5.74, 6) is 0. The highest BCUT2D eigenvalue weighted by atomic mass is 16.3. The summed E-state index contributed by atoms with van der Waals surface area (Å²) in [5, 5.41) is 8.87. The van der Waals surface area contributed by atoms with Gasteiger partial charge in [0.2, 0.25) is 0 Å². The van der Waals surface area contributed by atoms with E-state index < -0.39 is 0 Å². The van der Waals surface area contributed by atoms with Crippen molar-refractivity contribution in [3.8, 4) is 0 Å². The molecule has 0 bridgehead atoms. The Labute approximate surface area is 66.2 Å². The molecular formula is C9H11NO. The van der Waals surface area contributed by atoms with Crippen LogP contribution in [0.3, 0.4) is 0 Å². The molecule has 11 heavy (non-hydrogen) atoms. The molecule has 0 unspecified atom stereocenters. The van der Waals surface area contributed by atoms with Crippen molar-refractivity contribution < 1.29 is 5.11 Å². The molecule has 0 saturated heterocycles. The molecule has 2 heteroatoms. The maximum Gasteiger partial charge on any atom is 0.0702 e. The first kappa shape index (κ1) is 7.95. The topological polar surface area (TPSA) is 33.1 Å². The van der Waals surface area contributed by atoms with Gasteiger partial charge in [0, 0.05) is 11.8 Å². The number of hydrogen-bond donors (Lipinski definition) is 1. The van der Waals surface area contributed by atoms with E-state index in [1.165, 1.54) is 0 Å². The van der Waals surface area contributed by atoms with Gasteiger partial charge in [0.15, 0.2) is 0 Å². The van der Waals surface area contributed by atoms with Crippen LogP contribution in [0.4, 0.5) is 0 Å². The molecule has 0 radical (unpaired) electrons. The Morgan fingerprint density at radius 2 is 2.45 bits per heavy atom. The molecule has 0 fully saturated rings. The van der Waals surface area contributed by atoms with Gasteiger partial charge in [-0.25, -0.2) is 0 Å². The summed E-state index contributed by atoms with van der Waals surface area (Å²) in [6.07, 6.45) is 5.50. The molecule has 0 atom stereocenters. The lowest BCUT2D eigenvalue weighted by Crippen LogP contribution is -1.90. The van der Waals surface area contributed by atoms with Gasteiger partial charge in [-0.1, -0.05) is 12.1 Å². The van der Waals surface area contributed by atoms with Crippen LogP contribution < -0.4 is 0 Å². The third-order valence-corrected chi connectivity index (χ3v) is 1.42. The number of hydrogen-bond acceptors (Lipinski definition) is 2. The number of nitrogens with zero attached hydrogens (tertiary/aromatic N) is 1. The minimum absolute atomic E-state index is 0.0491. The lowest BCUT2D eigenvalue weighted by molar-refractivity contribution is 0.281. The second kappa shape index (κ2) is 3.88. The summed E-state index contributed by atoms with van der Waals surface area (Å²) < 4.78 is 0. The van der Waals surface area contributed by atoms with Crippen LogP contribution in [-0.4, -0.2) is 10.1 Å². The highest BCUT2D eigenvalue weighted by Crippen LogP contribution is 2.06. The highest BCUT2D eigenvalue weighted by Gasteiger charge is 1.95. The number of pyridine rings is 1. The van der Waals surface area contributed by atoms with E-state index in [0.717, 1.165) is 11.3 Å². The van der Waals surface area contributed by atoms with Crippen molar-refractivity contribution in [2.75, 3.05) is 0 Å². The van der Waals surface area contributed by atoms with Crippen molar-refractivity contribution in [2.24, 2.45) is 0 Å². The van der Waals surface area contributed by atoms with E-state index in [2.05, 4.69) is 4.98 Å². The molecule has 1 rings (SSSR count). The normalized spacial score (nSPS) is 10.7. The van der Waals surface area contributed by atoms with Crippen LogP contribution in [0.1, 0.15) is 18.2 Å². The zero-order valence-corrected chi connectivity index (χ0v) is 6.49. The summed E-state index contributed by atoms with van der Waals surface area (Å²) >= 11 is 0. The molecule has 1 N–H and O–H groups in total. The van der Waals surface area contributed by atoms with Gasteiger partial charge in [0.25, 0.3) is 0 Å². The molecular weight excluding hydrogens is 138 g/mol. The molecule has 0 aromatic carbocycles. The minimum Gasteiger partial charge on any atom is -0.392 e. The fourth-order valence-corrected chi connectivity index (χ4v) is 0.892. The molecule has 0 amide bonds. The van der Waals surface area contributed by atoms with Crippen LogP contribution in [0.5, 0.6) is 0 Å². The molecule has 2 nitrogen and oxygen atoms in total. The summed E-state index contributed by atoms with van der Waals surface area (Å²) in [7, 11) is 0. The molecule has 1 aromatic rings. The predicted molar refractivity (Wildman–Crippen MR) is 44.9 cm³/mol. The monoisotopic (exact) mass is 149 g/mol. The van der Waals surface area contributed by atoms with Crippen LogP contribution >= 0.6 is 0 Å². The average molecular weight is 149 g/mol. The van der Waals surface area contributed by atoms with Crippen LogP contribution in [-0.2, 0) is 6.61 Å². The largest absolute Gasteiger partial charge is 0.392 e. The van der Waals surface area contributed by atoms with Gasteiger partial charge in [-0.3, -0.25) is 4.98 Å². The van der Waals surface area contributed by atoms with E-state index in [-0.39, 0.29) is 6.61 Å². The Hall–Kier alpha value is -1.15. The van der Waals surface area contributed by atoms with E-state index in [4.69, 9.17) is 5.11 Å². The number of allylic oxidation sites excluding steroid dienone is 1. The van der Waals surface area contributed by atoms with Crippen molar-refractivity contribution in [1.82, 2.24) is 4.98 Å². The number of aromatic nitrogens is 1. The first-order valence-electron chi connectivity index (χ1n) is 3.56. The van der Waals surface area contributed by atoms with Gasteiger partial charge in [-0.15, -0.1) is 0 Å². The van der Waals surface area contributed by atoms with E-state index in [1.54, 1.807) is 6.20 Å². The Morgan fingerprint density at radius 1 is 1.64 bits per heavy atom. The number of aliphatic hydroxyl groups is 1. The highest BCUT2D eigenvalue weighted by molar-refractivity contribution is 5.48. The van der Waals surface area contributed by atoms with Gasteiger partial charge < -0.3 is 5.11 Å². The standard InChI is InChI=1S/C9H11NO/c1-2-4-9-8(7-11)5-3-6-10-9/h2-6,11H,7H2,1H3/b4-2+. The van der Waals surface area contributed by atoms with Crippen LogP contribution in [0.15, 0.2) is 24.4 Å². The minimum atomic E-state index is 0.0491. The van der Waals surface area contributed by atoms with E-state index in [0.29, 0.717) is 0 Å². The molecule has 0 aliphatic carbocycles. The summed E-state index contributed by atoms with van der Waals surface area (Å²) in [6.45, 7) is 1.98. The molecule has 0 spiro atoms. The van der Waals surface area contributed by atoms with Gasteiger partial charge >= 0.3 is 0 Å². The number of rotatable bonds is 2. The SMILES string of the molecule is C/C=C/c1ncccc1CO. The van der Waals surface area contributed by atoms with Crippen molar-refractivity contribution in [2.45, 2.75) is 13.5 Å². The molecule has 0 aliphatic rings. The van der Waals surface area contributed by atoms with E-state index >= 15 is 0 Å². The second-order valence-corrected chi connectivity index (χ2v) is 2.21. The maximum atomic E-state index is 8.87. The molecule has 58 valence electrons. The molecule has 1 aromatic heterocycles. The van der Waals surface area contributed by atoms with Gasteiger partial charge in [-0.05, 0) is 19.1 Å². The van der Waals surface area contributed by atoms with Gasteiger partial charge in [0.1, 0.15) is 0 Å². The maximum absolute atomic E-state index is 8.87. The summed E-state index contributed by atoms with van der Waals surface area (Å²) in [6, 6.07) is 3.68. The van der Waals surface area contributed by atoms with Gasteiger partial charge in [-0.2, -0.15) is 0 Å². The van der Waals surface area contributed by atoms with E-state index in [1.807, 2.05) is 31.2 Å².